The van der Waals surface area contributed by atoms with Crippen molar-refractivity contribution in [2.24, 2.45) is 16.0 Å². The van der Waals surface area contributed by atoms with Crippen LogP contribution >= 0.6 is 0 Å². The Kier molecular flexibility index (Phi) is 8.69. The number of nitrogens with zero attached hydrogens (tertiary/aromatic N) is 4. The molecule has 0 fully saturated rings. The number of aromatic nitrogens is 2. The molecule has 0 saturated carbocycles. The topological polar surface area (TPSA) is 77.8 Å². The predicted octanol–water partition coefficient (Wildman–Crippen LogP) is 5.00. The fraction of sp³-hybridized carbons (Fsp3) is 0.526. The average molecular weight is 343 g/mol. The van der Waals surface area contributed by atoms with Gasteiger partial charge in [-0.25, -0.2) is 0 Å². The molecule has 6 nitrogen and oxygen atoms in total. The van der Waals surface area contributed by atoms with E-state index in [4.69, 9.17) is 10.5 Å². The molecule has 0 amide bonds. The van der Waals surface area contributed by atoms with Gasteiger partial charge < -0.3 is 10.5 Å². The normalized spacial score (nSPS) is 11.3. The van der Waals surface area contributed by atoms with Crippen LogP contribution in [0.25, 0.3) is 0 Å². The zero-order chi connectivity index (χ0) is 17.7. The largest absolute Gasteiger partial charge is 0.494 e. The molecule has 0 unspecified atom stereocenters. The minimum atomic E-state index is 0.554. The van der Waals surface area contributed by atoms with E-state index in [0.29, 0.717) is 13.1 Å². The highest BCUT2D eigenvalue weighted by Crippen LogP contribution is 2.21. The van der Waals surface area contributed by atoms with Gasteiger partial charge in [-0.1, -0.05) is 39.0 Å². The quantitative estimate of drug-likeness (QED) is 0.435. The minimum Gasteiger partial charge on any atom is -0.494 e. The second kappa shape index (κ2) is 11.4. The number of hydrogen-bond acceptors (Lipinski definition) is 5. The molecule has 0 radical (unpaired) electrons. The Hall–Kier alpha value is -2.21. The van der Waals surface area contributed by atoms with Crippen molar-refractivity contribution in [3.8, 4) is 5.75 Å². The van der Waals surface area contributed by atoms with E-state index in [1.807, 2.05) is 30.5 Å². The monoisotopic (exact) mass is 343 g/mol. The molecule has 2 N–H and O–H groups in total. The molecule has 1 aromatic carbocycles. The Bertz CT molecular complexity index is 621. The van der Waals surface area contributed by atoms with E-state index in [1.165, 1.54) is 32.1 Å². The Morgan fingerprint density at radius 3 is 2.48 bits per heavy atom. The van der Waals surface area contributed by atoms with Crippen molar-refractivity contribution in [3.05, 3.63) is 36.7 Å². The number of benzene rings is 1. The Morgan fingerprint density at radius 1 is 1.00 bits per heavy atom. The molecular weight excluding hydrogens is 314 g/mol. The van der Waals surface area contributed by atoms with E-state index in [-0.39, 0.29) is 0 Å². The Balaban J connectivity index is 1.71. The van der Waals surface area contributed by atoms with Crippen LogP contribution in [0.2, 0.25) is 0 Å². The fourth-order valence-corrected chi connectivity index (χ4v) is 2.46. The van der Waals surface area contributed by atoms with E-state index in [0.717, 1.165) is 30.2 Å². The molecule has 0 aliphatic heterocycles. The van der Waals surface area contributed by atoms with E-state index < -0.39 is 0 Å². The maximum Gasteiger partial charge on any atom is 0.124 e. The van der Waals surface area contributed by atoms with Gasteiger partial charge in [0.1, 0.15) is 11.4 Å². The van der Waals surface area contributed by atoms with Crippen molar-refractivity contribution in [1.29, 1.82) is 0 Å². The van der Waals surface area contributed by atoms with Crippen molar-refractivity contribution >= 4 is 11.4 Å². The van der Waals surface area contributed by atoms with Crippen LogP contribution < -0.4 is 10.5 Å². The lowest BCUT2D eigenvalue weighted by Crippen LogP contribution is -2.09. The van der Waals surface area contributed by atoms with Gasteiger partial charge in [0, 0.05) is 6.54 Å². The Labute approximate surface area is 150 Å². The summed E-state index contributed by atoms with van der Waals surface area (Å²) in [6.45, 7) is 4.24. The number of hydrogen-bond donors (Lipinski definition) is 1. The first-order valence-corrected chi connectivity index (χ1v) is 9.19. The maximum absolute atomic E-state index is 5.76. The summed E-state index contributed by atoms with van der Waals surface area (Å²) in [5, 5.41) is 12.6. The Morgan fingerprint density at radius 2 is 1.72 bits per heavy atom. The number of nitrogens with two attached hydrogens (primary N) is 1. The summed E-state index contributed by atoms with van der Waals surface area (Å²) in [4.78, 5) is 0. The lowest BCUT2D eigenvalue weighted by Gasteiger charge is -2.06. The number of unbranched alkanes of at least 4 members (excludes halogenated alkanes) is 5. The molecule has 0 bridgehead atoms. The van der Waals surface area contributed by atoms with Crippen molar-refractivity contribution < 1.29 is 4.74 Å². The number of ether oxygens (including phenoxy) is 1. The third kappa shape index (κ3) is 7.47. The molecule has 1 heterocycles. The van der Waals surface area contributed by atoms with Crippen molar-refractivity contribution in [2.75, 3.05) is 13.2 Å². The molecule has 2 aromatic rings. The van der Waals surface area contributed by atoms with Crippen LogP contribution in [0, 0.1) is 0 Å². The minimum absolute atomic E-state index is 0.554. The molecule has 0 aliphatic rings. The van der Waals surface area contributed by atoms with Crippen LogP contribution in [0.3, 0.4) is 0 Å². The van der Waals surface area contributed by atoms with Crippen molar-refractivity contribution in [1.82, 2.24) is 9.78 Å². The van der Waals surface area contributed by atoms with E-state index in [9.17, 15) is 0 Å². The molecule has 0 spiro atoms. The molecule has 1 aromatic heterocycles. The summed E-state index contributed by atoms with van der Waals surface area (Å²) in [5.74, 6) is 0.878. The highest BCUT2D eigenvalue weighted by atomic mass is 16.5. The summed E-state index contributed by atoms with van der Waals surface area (Å²) >= 11 is 0. The lowest BCUT2D eigenvalue weighted by atomic mass is 10.1. The van der Waals surface area contributed by atoms with Gasteiger partial charge in [0.25, 0.3) is 0 Å². The molecular formula is C19H29N5O. The molecule has 0 saturated heterocycles. The number of rotatable bonds is 12. The first kappa shape index (κ1) is 19.1. The van der Waals surface area contributed by atoms with Gasteiger partial charge >= 0.3 is 0 Å². The van der Waals surface area contributed by atoms with Gasteiger partial charge in [-0.2, -0.15) is 10.2 Å². The average Bonchev–Trinajstić information content (AvgIpc) is 3.08. The standard InChI is InChI=1S/C19H29N5O/c1-2-3-4-5-6-7-14-25-19-10-8-17(9-11-19)22-23-18-15-21-24(16-18)13-12-20/h8-11,15-16H,2-7,12-14,20H2,1H3. The highest BCUT2D eigenvalue weighted by molar-refractivity contribution is 5.41. The SMILES string of the molecule is CCCCCCCCOc1ccc(N=Nc2cnn(CCN)c2)cc1. The van der Waals surface area contributed by atoms with E-state index in [1.54, 1.807) is 10.9 Å². The number of azo groups is 1. The molecule has 136 valence electrons. The first-order valence-electron chi connectivity index (χ1n) is 9.19. The van der Waals surface area contributed by atoms with Gasteiger partial charge in [-0.05, 0) is 30.7 Å². The summed E-state index contributed by atoms with van der Waals surface area (Å²) in [6.07, 6.45) is 11.1. The van der Waals surface area contributed by atoms with Gasteiger partial charge in [0.2, 0.25) is 0 Å². The van der Waals surface area contributed by atoms with Crippen LogP contribution in [0.1, 0.15) is 45.4 Å². The van der Waals surface area contributed by atoms with Crippen LogP contribution in [0.5, 0.6) is 5.75 Å². The smallest absolute Gasteiger partial charge is 0.124 e. The van der Waals surface area contributed by atoms with Gasteiger partial charge in [-0.3, -0.25) is 4.68 Å². The zero-order valence-electron chi connectivity index (χ0n) is 15.1. The predicted molar refractivity (Wildman–Crippen MR) is 101 cm³/mol. The van der Waals surface area contributed by atoms with Gasteiger partial charge in [0.05, 0.1) is 31.2 Å². The third-order valence-electron chi connectivity index (χ3n) is 3.86. The van der Waals surface area contributed by atoms with E-state index >= 15 is 0 Å². The maximum atomic E-state index is 5.76. The van der Waals surface area contributed by atoms with Crippen LogP contribution in [-0.2, 0) is 6.54 Å². The molecule has 2 rings (SSSR count). The second-order valence-electron chi connectivity index (χ2n) is 6.06. The van der Waals surface area contributed by atoms with Gasteiger partial charge in [-0.15, -0.1) is 5.11 Å². The second-order valence-corrected chi connectivity index (χ2v) is 6.06. The fourth-order valence-electron chi connectivity index (χ4n) is 2.46. The third-order valence-corrected chi connectivity index (χ3v) is 3.86. The summed E-state index contributed by atoms with van der Waals surface area (Å²) < 4.78 is 7.52. The molecule has 0 aliphatic carbocycles. The zero-order valence-corrected chi connectivity index (χ0v) is 15.1. The lowest BCUT2D eigenvalue weighted by molar-refractivity contribution is 0.304. The van der Waals surface area contributed by atoms with Crippen molar-refractivity contribution in [2.45, 2.75) is 52.0 Å². The summed E-state index contributed by atoms with van der Waals surface area (Å²) in [7, 11) is 0. The summed E-state index contributed by atoms with van der Waals surface area (Å²) in [6, 6.07) is 7.68. The van der Waals surface area contributed by atoms with Crippen LogP contribution in [-0.4, -0.2) is 22.9 Å². The molecule has 0 atom stereocenters. The van der Waals surface area contributed by atoms with Crippen molar-refractivity contribution in [3.63, 3.8) is 0 Å². The van der Waals surface area contributed by atoms with Crippen LogP contribution in [0.4, 0.5) is 11.4 Å². The summed E-state index contributed by atoms with van der Waals surface area (Å²) in [5.41, 5.74) is 7.00. The molecule has 6 heteroatoms. The van der Waals surface area contributed by atoms with Gasteiger partial charge in [0.15, 0.2) is 0 Å². The molecule has 25 heavy (non-hydrogen) atoms. The first-order chi connectivity index (χ1) is 12.3. The highest BCUT2D eigenvalue weighted by Gasteiger charge is 1.98. The van der Waals surface area contributed by atoms with Crippen LogP contribution in [0.15, 0.2) is 46.9 Å². The van der Waals surface area contributed by atoms with E-state index in [2.05, 4.69) is 22.3 Å².